The zero-order valence-electron chi connectivity index (χ0n) is 11.1. The molecule has 102 valence electrons. The monoisotopic (exact) mass is 329 g/mol. The fourth-order valence-corrected chi connectivity index (χ4v) is 2.24. The second-order valence-corrected chi connectivity index (χ2v) is 5.38. The van der Waals surface area contributed by atoms with Gasteiger partial charge in [-0.3, -0.25) is 4.79 Å². The topological polar surface area (TPSA) is 29.1 Å². The Morgan fingerprint density at radius 2 is 1.80 bits per heavy atom. The van der Waals surface area contributed by atoms with Crippen LogP contribution in [0, 0.1) is 0 Å². The van der Waals surface area contributed by atoms with E-state index >= 15 is 0 Å². The number of amides is 1. The smallest absolute Gasteiger partial charge is 0.251 e. The van der Waals surface area contributed by atoms with E-state index in [2.05, 4.69) is 27.8 Å². The molecule has 2 aromatic carbocycles. The number of carbonyl (C=O) groups excluding carboxylic acids is 1. The van der Waals surface area contributed by atoms with E-state index in [1.807, 2.05) is 60.7 Å². The first-order valence-corrected chi connectivity index (χ1v) is 7.22. The summed E-state index contributed by atoms with van der Waals surface area (Å²) in [5.74, 6) is -0.0691. The Labute approximate surface area is 127 Å². The van der Waals surface area contributed by atoms with Crippen molar-refractivity contribution >= 4 is 21.8 Å². The summed E-state index contributed by atoms with van der Waals surface area (Å²) in [5, 5.41) is 3.04. The minimum absolute atomic E-state index is 0.0618. The number of hydrogen-bond acceptors (Lipinski definition) is 1. The van der Waals surface area contributed by atoms with Crippen molar-refractivity contribution < 1.29 is 4.79 Å². The van der Waals surface area contributed by atoms with Crippen molar-refractivity contribution in [3.8, 4) is 0 Å². The van der Waals surface area contributed by atoms with E-state index in [9.17, 15) is 4.79 Å². The van der Waals surface area contributed by atoms with E-state index in [4.69, 9.17) is 0 Å². The van der Waals surface area contributed by atoms with E-state index in [1.54, 1.807) is 0 Å². The van der Waals surface area contributed by atoms with Gasteiger partial charge in [0.25, 0.3) is 5.91 Å². The second kappa shape index (κ2) is 7.06. The first-order valence-electron chi connectivity index (χ1n) is 6.43. The standard InChI is InChI=1S/C17H16BrNO/c1-2-6-16(13-9-11-15(18)12-10-13)19-17(20)14-7-4-3-5-8-14/h2-5,7-12,16H,1,6H2,(H,19,20)/t16-/m1/s1. The molecular formula is C17H16BrNO. The SMILES string of the molecule is C=CC[C@@H](NC(=O)c1ccccc1)c1ccc(Br)cc1. The van der Waals surface area contributed by atoms with E-state index in [0.717, 1.165) is 10.0 Å². The van der Waals surface area contributed by atoms with Crippen molar-refractivity contribution in [2.45, 2.75) is 12.5 Å². The summed E-state index contributed by atoms with van der Waals surface area (Å²) in [6.45, 7) is 3.76. The van der Waals surface area contributed by atoms with Gasteiger partial charge >= 0.3 is 0 Å². The third-order valence-electron chi connectivity index (χ3n) is 3.02. The van der Waals surface area contributed by atoms with Gasteiger partial charge in [0.1, 0.15) is 0 Å². The molecule has 2 rings (SSSR count). The zero-order chi connectivity index (χ0) is 14.4. The van der Waals surface area contributed by atoms with Crippen molar-refractivity contribution in [3.63, 3.8) is 0 Å². The third kappa shape index (κ3) is 3.81. The van der Waals surface area contributed by atoms with Crippen LogP contribution in [0.1, 0.15) is 28.4 Å². The van der Waals surface area contributed by atoms with Crippen LogP contribution in [0.2, 0.25) is 0 Å². The van der Waals surface area contributed by atoms with Gasteiger partial charge in [0.15, 0.2) is 0 Å². The Balaban J connectivity index is 2.15. The molecule has 0 aliphatic carbocycles. The molecule has 0 heterocycles. The summed E-state index contributed by atoms with van der Waals surface area (Å²) in [6, 6.07) is 17.1. The van der Waals surface area contributed by atoms with Crippen LogP contribution in [0.5, 0.6) is 0 Å². The average Bonchev–Trinajstić information content (AvgIpc) is 2.48. The first kappa shape index (κ1) is 14.5. The quantitative estimate of drug-likeness (QED) is 0.804. The molecule has 0 aliphatic heterocycles. The maximum absolute atomic E-state index is 12.2. The molecule has 0 bridgehead atoms. The third-order valence-corrected chi connectivity index (χ3v) is 3.54. The lowest BCUT2D eigenvalue weighted by Gasteiger charge is -2.18. The highest BCUT2D eigenvalue weighted by atomic mass is 79.9. The van der Waals surface area contributed by atoms with Crippen molar-refractivity contribution in [1.29, 1.82) is 0 Å². The highest BCUT2D eigenvalue weighted by molar-refractivity contribution is 9.10. The molecular weight excluding hydrogens is 314 g/mol. The van der Waals surface area contributed by atoms with Crippen molar-refractivity contribution in [2.24, 2.45) is 0 Å². The van der Waals surface area contributed by atoms with Gasteiger partial charge in [0.05, 0.1) is 6.04 Å². The number of hydrogen-bond donors (Lipinski definition) is 1. The van der Waals surface area contributed by atoms with Gasteiger partial charge in [0.2, 0.25) is 0 Å². The lowest BCUT2D eigenvalue weighted by molar-refractivity contribution is 0.0937. The summed E-state index contributed by atoms with van der Waals surface area (Å²) in [7, 11) is 0. The van der Waals surface area contributed by atoms with Crippen LogP contribution in [-0.4, -0.2) is 5.91 Å². The molecule has 2 nitrogen and oxygen atoms in total. The van der Waals surface area contributed by atoms with Gasteiger partial charge in [-0.05, 0) is 36.2 Å². The van der Waals surface area contributed by atoms with E-state index in [0.29, 0.717) is 12.0 Å². The van der Waals surface area contributed by atoms with Crippen LogP contribution in [0.15, 0.2) is 71.7 Å². The van der Waals surface area contributed by atoms with Gasteiger partial charge in [-0.25, -0.2) is 0 Å². The molecule has 0 spiro atoms. The lowest BCUT2D eigenvalue weighted by atomic mass is 10.0. The van der Waals surface area contributed by atoms with Crippen LogP contribution in [0.25, 0.3) is 0 Å². The predicted octanol–water partition coefficient (Wildman–Crippen LogP) is 4.50. The lowest BCUT2D eigenvalue weighted by Crippen LogP contribution is -2.28. The Bertz CT molecular complexity index is 578. The summed E-state index contributed by atoms with van der Waals surface area (Å²) in [5.41, 5.74) is 1.73. The van der Waals surface area contributed by atoms with E-state index in [-0.39, 0.29) is 11.9 Å². The molecule has 20 heavy (non-hydrogen) atoms. The minimum Gasteiger partial charge on any atom is -0.345 e. The zero-order valence-corrected chi connectivity index (χ0v) is 12.6. The van der Waals surface area contributed by atoms with Crippen molar-refractivity contribution in [2.75, 3.05) is 0 Å². The molecule has 0 saturated heterocycles. The van der Waals surface area contributed by atoms with Crippen LogP contribution < -0.4 is 5.32 Å². The molecule has 3 heteroatoms. The fourth-order valence-electron chi connectivity index (χ4n) is 1.97. The number of halogens is 1. The Morgan fingerprint density at radius 1 is 1.15 bits per heavy atom. The molecule has 0 aromatic heterocycles. The van der Waals surface area contributed by atoms with Crippen LogP contribution in [-0.2, 0) is 0 Å². The first-order chi connectivity index (χ1) is 9.70. The van der Waals surface area contributed by atoms with Gasteiger partial charge in [-0.2, -0.15) is 0 Å². The maximum atomic E-state index is 12.2. The number of benzene rings is 2. The van der Waals surface area contributed by atoms with Crippen molar-refractivity contribution in [3.05, 3.63) is 82.9 Å². The number of rotatable bonds is 5. The summed E-state index contributed by atoms with van der Waals surface area (Å²) >= 11 is 3.41. The number of nitrogens with one attached hydrogen (secondary N) is 1. The maximum Gasteiger partial charge on any atom is 0.251 e. The number of carbonyl (C=O) groups is 1. The minimum atomic E-state index is -0.0691. The van der Waals surface area contributed by atoms with Gasteiger partial charge in [-0.15, -0.1) is 6.58 Å². The van der Waals surface area contributed by atoms with E-state index < -0.39 is 0 Å². The van der Waals surface area contributed by atoms with Crippen LogP contribution in [0.4, 0.5) is 0 Å². The van der Waals surface area contributed by atoms with Crippen LogP contribution in [0.3, 0.4) is 0 Å². The Hall–Kier alpha value is -1.87. The highest BCUT2D eigenvalue weighted by Crippen LogP contribution is 2.20. The molecule has 0 saturated carbocycles. The van der Waals surface area contributed by atoms with Gasteiger partial charge in [-0.1, -0.05) is 52.3 Å². The summed E-state index contributed by atoms with van der Waals surface area (Å²) in [4.78, 5) is 12.2. The molecule has 1 amide bonds. The normalized spacial score (nSPS) is 11.7. The van der Waals surface area contributed by atoms with Gasteiger partial charge in [0, 0.05) is 10.0 Å². The average molecular weight is 330 g/mol. The Kier molecular flexibility index (Phi) is 5.13. The highest BCUT2D eigenvalue weighted by Gasteiger charge is 2.14. The molecule has 1 N–H and O–H groups in total. The van der Waals surface area contributed by atoms with Crippen molar-refractivity contribution in [1.82, 2.24) is 5.32 Å². The fraction of sp³-hybridized carbons (Fsp3) is 0.118. The Morgan fingerprint density at radius 3 is 2.40 bits per heavy atom. The molecule has 0 unspecified atom stereocenters. The van der Waals surface area contributed by atoms with Crippen LogP contribution >= 0.6 is 15.9 Å². The molecule has 0 aliphatic rings. The predicted molar refractivity (Wildman–Crippen MR) is 85.6 cm³/mol. The van der Waals surface area contributed by atoms with E-state index in [1.165, 1.54) is 0 Å². The molecule has 1 atom stereocenters. The largest absolute Gasteiger partial charge is 0.345 e. The summed E-state index contributed by atoms with van der Waals surface area (Å²) < 4.78 is 1.02. The van der Waals surface area contributed by atoms with Gasteiger partial charge < -0.3 is 5.32 Å². The molecule has 2 aromatic rings. The summed E-state index contributed by atoms with van der Waals surface area (Å²) in [6.07, 6.45) is 2.51. The molecule has 0 fully saturated rings. The molecule has 0 radical (unpaired) electrons. The second-order valence-electron chi connectivity index (χ2n) is 4.47.